The van der Waals surface area contributed by atoms with Crippen LogP contribution in [0, 0.1) is 51.1 Å². The van der Waals surface area contributed by atoms with Crippen LogP contribution in [0.15, 0.2) is 5.57 Å². The molecule has 2 bridgehead atoms. The van der Waals surface area contributed by atoms with Crippen LogP contribution in [-0.2, 0) is 30.6 Å². The Morgan fingerprint density at radius 3 is 2.48 bits per heavy atom. The fourth-order valence-electron chi connectivity index (χ4n) is 2.80. The van der Waals surface area contributed by atoms with E-state index in [4.69, 9.17) is 9.84 Å². The monoisotopic (exact) mass is 705 g/mol. The largest absolute Gasteiger partial charge is 0.493 e. The summed E-state index contributed by atoms with van der Waals surface area (Å²) >= 11 is 0. The summed E-state index contributed by atoms with van der Waals surface area (Å²) in [5.74, 6) is -0.862. The van der Waals surface area contributed by atoms with E-state index >= 15 is 0 Å². The van der Waals surface area contributed by atoms with Crippen LogP contribution in [0.1, 0.15) is 33.6 Å². The van der Waals surface area contributed by atoms with Crippen LogP contribution in [-0.4, -0.2) is 64.8 Å². The molecule has 0 aromatic carbocycles. The third-order valence-electron chi connectivity index (χ3n) is 3.85. The maximum absolute atomic E-state index is 12.2. The van der Waals surface area contributed by atoms with Crippen LogP contribution in [0.5, 0.6) is 0 Å². The molecule has 1 amide bonds. The van der Waals surface area contributed by atoms with Crippen molar-refractivity contribution in [2.45, 2.75) is 51.3 Å². The van der Waals surface area contributed by atoms with Crippen molar-refractivity contribution in [1.82, 2.24) is 9.80 Å². The van der Waals surface area contributed by atoms with Gasteiger partial charge in [-0.25, -0.2) is 10.4 Å². The molecule has 1 fully saturated rings. The minimum Gasteiger partial charge on any atom is -0.493 e. The molecule has 1 N–H and O–H groups in total. The molecule has 2 aliphatic heterocycles. The topological polar surface area (TPSA) is 70.1 Å². The number of carboxylic acid groups (broad SMARTS) is 1. The molecular formula is C15H23N2O4RaW-. The van der Waals surface area contributed by atoms with Gasteiger partial charge in [-0.3, -0.25) is 9.69 Å². The van der Waals surface area contributed by atoms with Crippen molar-refractivity contribution in [3.8, 4) is 0 Å². The Hall–Kier alpha value is 0.596. The fraction of sp³-hybridized carbons (Fsp3) is 0.733. The first-order valence-electron chi connectivity index (χ1n) is 7.18. The number of hydrogen-bond acceptors (Lipinski definition) is 4. The van der Waals surface area contributed by atoms with E-state index in [1.807, 2.05) is 27.8 Å². The summed E-state index contributed by atoms with van der Waals surface area (Å²) in [5, 5.41) is 8.99. The Labute approximate surface area is 188 Å². The van der Waals surface area contributed by atoms with Crippen LogP contribution >= 0.6 is 0 Å². The number of amides is 1. The number of aliphatic carboxylic acids is 1. The van der Waals surface area contributed by atoms with Gasteiger partial charge >= 0.3 is 12.1 Å². The molecule has 8 heteroatoms. The molecule has 0 aliphatic carbocycles. The molecule has 2 radical (unpaired) electrons. The van der Waals surface area contributed by atoms with E-state index < -0.39 is 11.6 Å². The van der Waals surface area contributed by atoms with Gasteiger partial charge in [0, 0.05) is 97.7 Å². The molecule has 2 aliphatic rings. The van der Waals surface area contributed by atoms with Crippen molar-refractivity contribution in [2.24, 2.45) is 0 Å². The molecule has 23 heavy (non-hydrogen) atoms. The molecule has 0 saturated carbocycles. The van der Waals surface area contributed by atoms with Crippen molar-refractivity contribution in [1.29, 1.82) is 0 Å². The van der Waals surface area contributed by atoms with Gasteiger partial charge in [-0.15, -0.1) is 0 Å². The number of fused-ring (bicyclic) bond motifs is 2. The molecule has 6 nitrogen and oxygen atoms in total. The van der Waals surface area contributed by atoms with Crippen LogP contribution in [0.25, 0.3) is 0 Å². The number of ether oxygens (including phenoxy) is 1. The van der Waals surface area contributed by atoms with Crippen LogP contribution in [0.2, 0.25) is 0 Å². The Morgan fingerprint density at radius 2 is 1.96 bits per heavy atom. The molecule has 2 rings (SSSR count). The number of nitrogens with zero attached hydrogens (tertiary/aromatic N) is 2. The molecule has 0 spiro atoms. The van der Waals surface area contributed by atoms with Gasteiger partial charge in [-0.05, 0) is 27.8 Å². The van der Waals surface area contributed by atoms with Gasteiger partial charge in [0.25, 0.3) is 0 Å². The third kappa shape index (κ3) is 6.43. The van der Waals surface area contributed by atoms with Gasteiger partial charge < -0.3 is 20.8 Å². The quantitative estimate of drug-likeness (QED) is 0.442. The van der Waals surface area contributed by atoms with Crippen molar-refractivity contribution in [3.63, 3.8) is 0 Å². The van der Waals surface area contributed by atoms with E-state index in [0.717, 1.165) is 5.57 Å². The summed E-state index contributed by atoms with van der Waals surface area (Å²) in [6.07, 6.45) is 3.50. The minimum absolute atomic E-state index is 0. The van der Waals surface area contributed by atoms with Crippen LogP contribution in [0.4, 0.5) is 4.79 Å². The van der Waals surface area contributed by atoms with E-state index in [9.17, 15) is 9.59 Å². The predicted octanol–water partition coefficient (Wildman–Crippen LogP) is 1.51. The van der Waals surface area contributed by atoms with Crippen molar-refractivity contribution in [3.05, 3.63) is 11.6 Å². The number of carboxylic acids is 1. The summed E-state index contributed by atoms with van der Waals surface area (Å²) < 4.78 is 5.42. The molecule has 0 aromatic heterocycles. The molecule has 2 atom stereocenters. The smallest absolute Gasteiger partial charge is 0.410 e. The number of likely N-dealkylation sites (N-methyl/N-ethyl adjacent to an activating group) is 1. The maximum Gasteiger partial charge on any atom is 0.410 e. The maximum atomic E-state index is 12.2. The molecule has 1 saturated heterocycles. The van der Waals surface area contributed by atoms with Gasteiger partial charge in [0.15, 0.2) is 0 Å². The summed E-state index contributed by atoms with van der Waals surface area (Å²) in [7, 11) is 1.98. The van der Waals surface area contributed by atoms with Gasteiger partial charge in [0.1, 0.15) is 5.60 Å². The normalized spacial score (nSPS) is 24.0. The van der Waals surface area contributed by atoms with Crippen molar-refractivity contribution < 1.29 is 85.5 Å². The Morgan fingerprint density at radius 1 is 1.35 bits per heavy atom. The number of rotatable bonds is 2. The summed E-state index contributed by atoms with van der Waals surface area (Å²) in [5.41, 5.74) is 0.232. The zero-order chi connectivity index (χ0) is 15.8. The third-order valence-corrected chi connectivity index (χ3v) is 3.85. The number of hydrogen-bond donors (Lipinski definition) is 1. The van der Waals surface area contributed by atoms with Crippen LogP contribution in [0.3, 0.4) is 0 Å². The summed E-state index contributed by atoms with van der Waals surface area (Å²) in [4.78, 5) is 27.0. The van der Waals surface area contributed by atoms with Gasteiger partial charge in [-0.2, -0.15) is 6.42 Å². The van der Waals surface area contributed by atoms with Gasteiger partial charge in [0.05, 0.1) is 0 Å². The summed E-state index contributed by atoms with van der Waals surface area (Å²) in [6.45, 7) is 6.56. The first kappa shape index (κ1) is 23.6. The number of piperazine rings is 1. The zero-order valence-corrected chi connectivity index (χ0v) is 22.9. The van der Waals surface area contributed by atoms with Gasteiger partial charge in [-0.1, -0.05) is 0 Å². The minimum atomic E-state index is -0.862. The Balaban J connectivity index is 0.00000242. The van der Waals surface area contributed by atoms with E-state index in [1.54, 1.807) is 4.90 Å². The first-order valence-corrected chi connectivity index (χ1v) is 7.18. The number of carbonyl (C=O) groups is 2. The number of carbonyl (C=O) groups excluding carboxylic acids is 1. The van der Waals surface area contributed by atoms with Crippen molar-refractivity contribution >= 4 is 12.1 Å². The molecule has 2 unspecified atom stereocenters. The Kier molecular flexibility index (Phi) is 9.58. The van der Waals surface area contributed by atoms with E-state index in [1.165, 1.54) is 0 Å². The molecule has 0 aromatic rings. The second kappa shape index (κ2) is 9.34. The standard InChI is InChI=1S/C15H23N2O4.Ra.W/c1-15(2,3)21-14(20)17-8-11-6-5-10(7-13(18)19)12(9-17)16(11)4;;/h11-12H,6-9H2,1-4H3,(H,18,19);;/q-1;;. The van der Waals surface area contributed by atoms with Gasteiger partial charge in [0.2, 0.25) is 0 Å². The first-order chi connectivity index (χ1) is 9.67. The second-order valence-electron chi connectivity index (χ2n) is 6.70. The average Bonchev–Trinajstić information content (AvgIpc) is 2.30. The summed E-state index contributed by atoms with van der Waals surface area (Å²) in [6, 6.07) is 0.0925. The SMILES string of the molecule is CN1C2C[C-]=C(CC(=O)O)C1CN(C(=O)OC(C)(C)C)C2.[Ra].[W]. The predicted molar refractivity (Wildman–Crippen MR) is 76.8 cm³/mol. The second-order valence-corrected chi connectivity index (χ2v) is 6.70. The van der Waals surface area contributed by atoms with Crippen LogP contribution < -0.4 is 0 Å². The fourth-order valence-corrected chi connectivity index (χ4v) is 2.80. The van der Waals surface area contributed by atoms with E-state index in [0.29, 0.717) is 19.5 Å². The molecule has 2 heterocycles. The molecule has 126 valence electrons. The van der Waals surface area contributed by atoms with E-state index in [2.05, 4.69) is 11.0 Å². The average molecular weight is 705 g/mol. The Bertz CT molecular complexity index is 479. The zero-order valence-electron chi connectivity index (χ0n) is 14.2. The van der Waals surface area contributed by atoms with E-state index in [-0.39, 0.29) is 90.7 Å². The molecular weight excluding hydrogens is 682 g/mol. The van der Waals surface area contributed by atoms with Crippen molar-refractivity contribution in [2.75, 3.05) is 20.1 Å².